The Bertz CT molecular complexity index is 379. The molecule has 0 aliphatic heterocycles. The van der Waals surface area contributed by atoms with Gasteiger partial charge in [0.05, 0.1) is 18.9 Å². The fourth-order valence-corrected chi connectivity index (χ4v) is 2.60. The number of aliphatic hydroxyl groups excluding tert-OH is 1. The molecule has 0 aliphatic carbocycles. The van der Waals surface area contributed by atoms with Gasteiger partial charge in [-0.15, -0.1) is 0 Å². The maximum atomic E-state index is 12.1. The Labute approximate surface area is 116 Å². The number of carbonyl (C=O) groups excluding carboxylic acids is 1. The van der Waals surface area contributed by atoms with E-state index in [1.807, 2.05) is 13.8 Å². The molecule has 0 radical (unpaired) electrons. The van der Waals surface area contributed by atoms with Crippen LogP contribution in [0.3, 0.4) is 0 Å². The maximum Gasteiger partial charge on any atom is 0.238 e. The summed E-state index contributed by atoms with van der Waals surface area (Å²) in [5.41, 5.74) is 0. The molecule has 6 nitrogen and oxygen atoms in total. The van der Waals surface area contributed by atoms with Crippen molar-refractivity contribution in [3.63, 3.8) is 0 Å². The molecule has 0 spiro atoms. The molecule has 1 amide bonds. The van der Waals surface area contributed by atoms with Gasteiger partial charge in [0.2, 0.25) is 15.9 Å². The van der Waals surface area contributed by atoms with E-state index in [0.717, 1.165) is 6.26 Å². The molecule has 0 fully saturated rings. The lowest BCUT2D eigenvalue weighted by Gasteiger charge is -2.24. The van der Waals surface area contributed by atoms with Gasteiger partial charge in [0.15, 0.2) is 0 Å². The van der Waals surface area contributed by atoms with Crippen molar-refractivity contribution in [1.82, 2.24) is 10.0 Å². The third-order valence-corrected chi connectivity index (χ3v) is 3.29. The van der Waals surface area contributed by atoms with E-state index < -0.39 is 22.0 Å². The summed E-state index contributed by atoms with van der Waals surface area (Å²) in [6, 6.07) is -1.17. The fraction of sp³-hybridized carbons (Fsp3) is 0.917. The number of hydrogen-bond donors (Lipinski definition) is 3. The van der Waals surface area contributed by atoms with Gasteiger partial charge in [-0.25, -0.2) is 13.1 Å². The van der Waals surface area contributed by atoms with Crippen molar-refractivity contribution in [3.05, 3.63) is 0 Å². The second-order valence-corrected chi connectivity index (χ2v) is 7.41. The smallest absolute Gasteiger partial charge is 0.238 e. The maximum absolute atomic E-state index is 12.1. The van der Waals surface area contributed by atoms with Crippen LogP contribution in [0.5, 0.6) is 0 Å². The predicted molar refractivity (Wildman–Crippen MR) is 75.1 cm³/mol. The molecule has 0 heterocycles. The van der Waals surface area contributed by atoms with Crippen molar-refractivity contribution >= 4 is 15.9 Å². The number of carbonyl (C=O) groups is 1. The Balaban J connectivity index is 4.72. The first kappa shape index (κ1) is 18.3. The molecule has 19 heavy (non-hydrogen) atoms. The fourth-order valence-electron chi connectivity index (χ4n) is 1.76. The second-order valence-electron chi connectivity index (χ2n) is 5.63. The quantitative estimate of drug-likeness (QED) is 0.591. The van der Waals surface area contributed by atoms with Crippen LogP contribution in [0.1, 0.15) is 34.1 Å². The summed E-state index contributed by atoms with van der Waals surface area (Å²) in [7, 11) is -3.45. The lowest BCUT2D eigenvalue weighted by Crippen LogP contribution is -2.52. The predicted octanol–water partition coefficient (Wildman–Crippen LogP) is 0.0834. The van der Waals surface area contributed by atoms with Gasteiger partial charge in [0.25, 0.3) is 0 Å². The normalized spacial score (nSPS) is 15.6. The zero-order valence-corrected chi connectivity index (χ0v) is 13.1. The highest BCUT2D eigenvalue weighted by molar-refractivity contribution is 7.88. The van der Waals surface area contributed by atoms with Crippen LogP contribution in [-0.4, -0.2) is 44.4 Å². The summed E-state index contributed by atoms with van der Waals surface area (Å²) in [4.78, 5) is 12.1. The highest BCUT2D eigenvalue weighted by Gasteiger charge is 2.27. The molecular weight excluding hydrogens is 268 g/mol. The third kappa shape index (κ3) is 8.18. The van der Waals surface area contributed by atoms with Gasteiger partial charge in [0.1, 0.15) is 6.04 Å². The number of aliphatic hydroxyl groups is 1. The molecule has 3 N–H and O–H groups in total. The summed E-state index contributed by atoms with van der Waals surface area (Å²) in [6.45, 7) is 7.35. The topological polar surface area (TPSA) is 95.5 Å². The van der Waals surface area contributed by atoms with Crippen molar-refractivity contribution in [2.24, 2.45) is 11.8 Å². The number of hydrogen-bond acceptors (Lipinski definition) is 4. The van der Waals surface area contributed by atoms with Crippen LogP contribution in [0.4, 0.5) is 0 Å². The van der Waals surface area contributed by atoms with Crippen LogP contribution in [-0.2, 0) is 14.8 Å². The molecule has 0 saturated heterocycles. The van der Waals surface area contributed by atoms with E-state index >= 15 is 0 Å². The van der Waals surface area contributed by atoms with E-state index in [2.05, 4.69) is 10.0 Å². The summed E-state index contributed by atoms with van der Waals surface area (Å²) in [6.07, 6.45) is 1.67. The van der Waals surface area contributed by atoms with Crippen LogP contribution in [0.2, 0.25) is 0 Å². The van der Waals surface area contributed by atoms with E-state index in [4.69, 9.17) is 0 Å². The van der Waals surface area contributed by atoms with Gasteiger partial charge in [-0.2, -0.15) is 0 Å². The average molecular weight is 294 g/mol. The SMILES string of the molecule is CC(C)C[C@@H](CO)NC(=O)[C@@H](NS(C)(=O)=O)C(C)C. The molecule has 114 valence electrons. The lowest BCUT2D eigenvalue weighted by molar-refractivity contribution is -0.124. The number of sulfonamides is 1. The van der Waals surface area contributed by atoms with Crippen molar-refractivity contribution in [1.29, 1.82) is 0 Å². The Morgan fingerprint density at radius 1 is 1.21 bits per heavy atom. The van der Waals surface area contributed by atoms with Crippen molar-refractivity contribution < 1.29 is 18.3 Å². The molecule has 7 heteroatoms. The van der Waals surface area contributed by atoms with Crippen LogP contribution in [0.25, 0.3) is 0 Å². The second kappa shape index (κ2) is 7.81. The van der Waals surface area contributed by atoms with Crippen LogP contribution >= 0.6 is 0 Å². The molecule has 2 atom stereocenters. The van der Waals surface area contributed by atoms with Crippen molar-refractivity contribution in [2.75, 3.05) is 12.9 Å². The molecule has 0 aliphatic rings. The highest BCUT2D eigenvalue weighted by Crippen LogP contribution is 2.07. The molecule has 0 bridgehead atoms. The molecular formula is C12H26N2O4S. The average Bonchev–Trinajstić information content (AvgIpc) is 2.22. The van der Waals surface area contributed by atoms with Gasteiger partial charge >= 0.3 is 0 Å². The van der Waals surface area contributed by atoms with E-state index in [1.54, 1.807) is 13.8 Å². The van der Waals surface area contributed by atoms with Gasteiger partial charge in [0, 0.05) is 0 Å². The van der Waals surface area contributed by atoms with Crippen LogP contribution < -0.4 is 10.0 Å². The first-order chi connectivity index (χ1) is 8.56. The Morgan fingerprint density at radius 3 is 2.05 bits per heavy atom. The van der Waals surface area contributed by atoms with Crippen LogP contribution in [0.15, 0.2) is 0 Å². The van der Waals surface area contributed by atoms with E-state index in [-0.39, 0.29) is 18.6 Å². The largest absolute Gasteiger partial charge is 0.394 e. The monoisotopic (exact) mass is 294 g/mol. The zero-order chi connectivity index (χ0) is 15.2. The minimum absolute atomic E-state index is 0.159. The molecule has 0 unspecified atom stereocenters. The lowest BCUT2D eigenvalue weighted by atomic mass is 10.0. The van der Waals surface area contributed by atoms with E-state index in [1.165, 1.54) is 0 Å². The Morgan fingerprint density at radius 2 is 1.74 bits per heavy atom. The van der Waals surface area contributed by atoms with Crippen LogP contribution in [0, 0.1) is 11.8 Å². The summed E-state index contributed by atoms with van der Waals surface area (Å²) in [5, 5.41) is 11.9. The minimum Gasteiger partial charge on any atom is -0.394 e. The third-order valence-electron chi connectivity index (χ3n) is 2.61. The minimum atomic E-state index is -3.45. The first-order valence-corrected chi connectivity index (χ1v) is 8.34. The highest BCUT2D eigenvalue weighted by atomic mass is 32.2. The zero-order valence-electron chi connectivity index (χ0n) is 12.3. The molecule has 0 saturated carbocycles. The van der Waals surface area contributed by atoms with Gasteiger partial charge in [-0.05, 0) is 18.3 Å². The van der Waals surface area contributed by atoms with Gasteiger partial charge < -0.3 is 10.4 Å². The molecule has 0 aromatic carbocycles. The van der Waals surface area contributed by atoms with Crippen molar-refractivity contribution in [2.45, 2.75) is 46.2 Å². The molecule has 0 rings (SSSR count). The van der Waals surface area contributed by atoms with E-state index in [0.29, 0.717) is 12.3 Å². The summed E-state index contributed by atoms with van der Waals surface area (Å²) in [5.74, 6) is -0.244. The molecule has 0 aromatic heterocycles. The summed E-state index contributed by atoms with van der Waals surface area (Å²) >= 11 is 0. The molecule has 0 aromatic rings. The van der Waals surface area contributed by atoms with Gasteiger partial charge in [-0.3, -0.25) is 4.79 Å². The van der Waals surface area contributed by atoms with Crippen molar-refractivity contribution in [3.8, 4) is 0 Å². The van der Waals surface area contributed by atoms with Gasteiger partial charge in [-0.1, -0.05) is 27.7 Å². The summed E-state index contributed by atoms with van der Waals surface area (Å²) < 4.78 is 24.8. The number of rotatable bonds is 8. The van der Waals surface area contributed by atoms with E-state index in [9.17, 15) is 18.3 Å². The number of amides is 1. The Kier molecular flexibility index (Phi) is 7.54. The number of nitrogens with one attached hydrogen (secondary N) is 2. The standard InChI is InChI=1S/C12H26N2O4S/c1-8(2)6-10(7-15)13-12(16)11(9(3)4)14-19(5,17)18/h8-11,14-15H,6-7H2,1-5H3,(H,13,16)/t10-,11-/m0/s1. The first-order valence-electron chi connectivity index (χ1n) is 6.45. The Hall–Kier alpha value is -0.660.